The molecule has 0 aliphatic heterocycles. The largest absolute Gasteiger partial charge is 0.271 e. The third-order valence-electron chi connectivity index (χ3n) is 3.02. The van der Waals surface area contributed by atoms with E-state index in [4.69, 9.17) is 5.84 Å². The summed E-state index contributed by atoms with van der Waals surface area (Å²) in [6.07, 6.45) is 4.32. The van der Waals surface area contributed by atoms with Crippen molar-refractivity contribution in [3.8, 4) is 0 Å². The molecule has 0 fully saturated rings. The number of halogens is 1. The first-order valence-corrected chi connectivity index (χ1v) is 5.91. The Hall–Kier alpha value is -1.78. The average Bonchev–Trinajstić information content (AvgIpc) is 2.42. The molecule has 1 atom stereocenters. The highest BCUT2D eigenvalue weighted by atomic mass is 19.1. The smallest absolute Gasteiger partial charge is 0.128 e. The van der Waals surface area contributed by atoms with Crippen LogP contribution in [0.15, 0.2) is 42.7 Å². The molecule has 0 saturated carbocycles. The van der Waals surface area contributed by atoms with E-state index in [-0.39, 0.29) is 11.9 Å². The first-order valence-electron chi connectivity index (χ1n) is 5.91. The molecule has 94 valence electrons. The third kappa shape index (κ3) is 2.39. The van der Waals surface area contributed by atoms with Crippen molar-refractivity contribution in [3.63, 3.8) is 0 Å². The van der Waals surface area contributed by atoms with E-state index >= 15 is 0 Å². The molecule has 0 aliphatic carbocycles. The summed E-state index contributed by atoms with van der Waals surface area (Å²) in [6, 6.07) is 8.15. The Morgan fingerprint density at radius 2 is 2.06 bits per heavy atom. The molecule has 3 N–H and O–H groups in total. The van der Waals surface area contributed by atoms with E-state index in [1.54, 1.807) is 30.6 Å². The van der Waals surface area contributed by atoms with Gasteiger partial charge in [-0.3, -0.25) is 10.8 Å². The lowest BCUT2D eigenvalue weighted by Crippen LogP contribution is -2.30. The van der Waals surface area contributed by atoms with Gasteiger partial charge in [0, 0.05) is 18.0 Å². The maximum absolute atomic E-state index is 13.8. The first-order chi connectivity index (χ1) is 8.77. The van der Waals surface area contributed by atoms with Crippen LogP contribution in [0.2, 0.25) is 0 Å². The predicted octanol–water partition coefficient (Wildman–Crippen LogP) is 2.34. The number of nitrogens with zero attached hydrogens (tertiary/aromatic N) is 1. The first kappa shape index (κ1) is 12.7. The number of nitrogens with two attached hydrogens (primary N) is 1. The molecule has 1 aromatic heterocycles. The molecule has 1 aromatic carbocycles. The fourth-order valence-electron chi connectivity index (χ4n) is 2.07. The van der Waals surface area contributed by atoms with Gasteiger partial charge in [0.15, 0.2) is 0 Å². The molecule has 0 spiro atoms. The second-order valence-electron chi connectivity index (χ2n) is 4.05. The Morgan fingerprint density at radius 1 is 1.28 bits per heavy atom. The van der Waals surface area contributed by atoms with E-state index in [2.05, 4.69) is 10.4 Å². The Morgan fingerprint density at radius 3 is 2.72 bits per heavy atom. The van der Waals surface area contributed by atoms with Crippen LogP contribution in [0.1, 0.15) is 29.7 Å². The summed E-state index contributed by atoms with van der Waals surface area (Å²) >= 11 is 0. The van der Waals surface area contributed by atoms with Crippen LogP contribution in [0.4, 0.5) is 4.39 Å². The molecular formula is C14H16FN3. The van der Waals surface area contributed by atoms with Crippen LogP contribution in [0.25, 0.3) is 0 Å². The van der Waals surface area contributed by atoms with Gasteiger partial charge in [-0.1, -0.05) is 25.1 Å². The molecule has 2 aromatic rings. The van der Waals surface area contributed by atoms with Gasteiger partial charge in [-0.05, 0) is 29.7 Å². The minimum Gasteiger partial charge on any atom is -0.271 e. The third-order valence-corrected chi connectivity index (χ3v) is 3.02. The minimum absolute atomic E-state index is 0.265. The molecule has 18 heavy (non-hydrogen) atoms. The van der Waals surface area contributed by atoms with Gasteiger partial charge >= 0.3 is 0 Å². The lowest BCUT2D eigenvalue weighted by Gasteiger charge is -2.20. The molecule has 2 rings (SSSR count). The lowest BCUT2D eigenvalue weighted by molar-refractivity contribution is 0.557. The highest BCUT2D eigenvalue weighted by Crippen LogP contribution is 2.26. The number of hydrogen-bond donors (Lipinski definition) is 2. The second-order valence-corrected chi connectivity index (χ2v) is 4.05. The van der Waals surface area contributed by atoms with Gasteiger partial charge in [0.2, 0.25) is 0 Å². The molecule has 3 nitrogen and oxygen atoms in total. The Bertz CT molecular complexity index is 528. The fraction of sp³-hybridized carbons (Fsp3) is 0.214. The summed E-state index contributed by atoms with van der Waals surface area (Å²) < 4.78 is 13.8. The number of hydrazine groups is 1. The van der Waals surface area contributed by atoms with Crippen molar-refractivity contribution in [1.29, 1.82) is 0 Å². The number of pyridine rings is 1. The van der Waals surface area contributed by atoms with Crippen LogP contribution >= 0.6 is 0 Å². The average molecular weight is 245 g/mol. The molecule has 4 heteroatoms. The molecule has 0 saturated heterocycles. The van der Waals surface area contributed by atoms with Crippen LogP contribution in [-0.2, 0) is 6.42 Å². The number of rotatable bonds is 4. The predicted molar refractivity (Wildman–Crippen MR) is 69.2 cm³/mol. The standard InChI is InChI=1S/C14H16FN3/c1-2-10-9-17-8-7-11(10)14(18-16)12-5-3-4-6-13(12)15/h3-9,14,18H,2,16H2,1H3. The maximum Gasteiger partial charge on any atom is 0.128 e. The molecule has 0 amide bonds. The summed E-state index contributed by atoms with van der Waals surface area (Å²) in [5.41, 5.74) is 5.24. The van der Waals surface area contributed by atoms with E-state index in [9.17, 15) is 4.39 Å². The van der Waals surface area contributed by atoms with Crippen molar-refractivity contribution in [2.45, 2.75) is 19.4 Å². The van der Waals surface area contributed by atoms with Crippen LogP contribution in [-0.4, -0.2) is 4.98 Å². The number of nitrogens with one attached hydrogen (secondary N) is 1. The quantitative estimate of drug-likeness (QED) is 0.642. The van der Waals surface area contributed by atoms with E-state index in [1.165, 1.54) is 6.07 Å². The number of aryl methyl sites for hydroxylation is 1. The molecule has 0 aliphatic rings. The molecule has 0 bridgehead atoms. The monoisotopic (exact) mass is 245 g/mol. The Balaban J connectivity index is 2.49. The van der Waals surface area contributed by atoms with Gasteiger partial charge in [0.1, 0.15) is 5.82 Å². The number of hydrogen-bond acceptors (Lipinski definition) is 3. The summed E-state index contributed by atoms with van der Waals surface area (Å²) in [5.74, 6) is 5.33. The second kappa shape index (κ2) is 5.71. The van der Waals surface area contributed by atoms with Crippen LogP contribution < -0.4 is 11.3 Å². The van der Waals surface area contributed by atoms with E-state index in [0.29, 0.717) is 5.56 Å². The van der Waals surface area contributed by atoms with Crippen molar-refractivity contribution in [1.82, 2.24) is 10.4 Å². The van der Waals surface area contributed by atoms with Crippen molar-refractivity contribution in [2.75, 3.05) is 0 Å². The zero-order valence-corrected chi connectivity index (χ0v) is 10.2. The molecule has 0 radical (unpaired) electrons. The number of aromatic nitrogens is 1. The summed E-state index contributed by atoms with van der Waals surface area (Å²) in [4.78, 5) is 4.09. The van der Waals surface area contributed by atoms with Crippen molar-refractivity contribution in [3.05, 3.63) is 65.2 Å². The Labute approximate surface area is 106 Å². The highest BCUT2D eigenvalue weighted by molar-refractivity contribution is 5.36. The maximum atomic E-state index is 13.8. The fourth-order valence-corrected chi connectivity index (χ4v) is 2.07. The van der Waals surface area contributed by atoms with Crippen molar-refractivity contribution < 1.29 is 4.39 Å². The molecule has 1 heterocycles. The van der Waals surface area contributed by atoms with Crippen molar-refractivity contribution >= 4 is 0 Å². The van der Waals surface area contributed by atoms with Crippen LogP contribution in [0.5, 0.6) is 0 Å². The normalized spacial score (nSPS) is 12.4. The Kier molecular flexibility index (Phi) is 4.02. The van der Waals surface area contributed by atoms with E-state index in [1.807, 2.05) is 13.0 Å². The topological polar surface area (TPSA) is 50.9 Å². The number of benzene rings is 1. The van der Waals surface area contributed by atoms with Gasteiger partial charge in [-0.25, -0.2) is 9.82 Å². The minimum atomic E-state index is -0.357. The molecule has 1 unspecified atom stereocenters. The van der Waals surface area contributed by atoms with Crippen LogP contribution in [0.3, 0.4) is 0 Å². The van der Waals surface area contributed by atoms with Gasteiger partial charge < -0.3 is 0 Å². The summed E-state index contributed by atoms with van der Waals surface area (Å²) in [7, 11) is 0. The SMILES string of the molecule is CCc1cnccc1C(NN)c1ccccc1F. The lowest BCUT2D eigenvalue weighted by atomic mass is 9.95. The zero-order valence-electron chi connectivity index (χ0n) is 10.2. The zero-order chi connectivity index (χ0) is 13.0. The van der Waals surface area contributed by atoms with E-state index in [0.717, 1.165) is 17.5 Å². The highest BCUT2D eigenvalue weighted by Gasteiger charge is 2.18. The van der Waals surface area contributed by atoms with Gasteiger partial charge in [-0.2, -0.15) is 0 Å². The summed E-state index contributed by atoms with van der Waals surface area (Å²) in [5, 5.41) is 0. The van der Waals surface area contributed by atoms with Gasteiger partial charge in [-0.15, -0.1) is 0 Å². The van der Waals surface area contributed by atoms with E-state index < -0.39 is 0 Å². The molecular weight excluding hydrogens is 229 g/mol. The summed E-state index contributed by atoms with van der Waals surface area (Å²) in [6.45, 7) is 2.04. The van der Waals surface area contributed by atoms with Crippen molar-refractivity contribution in [2.24, 2.45) is 5.84 Å². The van der Waals surface area contributed by atoms with Crippen LogP contribution in [0, 0.1) is 5.82 Å². The van der Waals surface area contributed by atoms with Gasteiger partial charge in [0.25, 0.3) is 0 Å². The van der Waals surface area contributed by atoms with Gasteiger partial charge in [0.05, 0.1) is 6.04 Å².